The van der Waals surface area contributed by atoms with E-state index in [1.54, 1.807) is 0 Å². The number of carbonyl (C=O) groups is 1. The molecule has 0 aliphatic heterocycles. The second-order valence-electron chi connectivity index (χ2n) is 4.86. The highest BCUT2D eigenvalue weighted by Gasteiger charge is 2.05. The highest BCUT2D eigenvalue weighted by Crippen LogP contribution is 2.11. The average Bonchev–Trinajstić information content (AvgIpc) is 2.37. The molecule has 0 spiro atoms. The van der Waals surface area contributed by atoms with Gasteiger partial charge in [-0.15, -0.1) is 0 Å². The van der Waals surface area contributed by atoms with Gasteiger partial charge in [0.1, 0.15) is 0 Å². The van der Waals surface area contributed by atoms with Crippen LogP contribution in [0.15, 0.2) is 12.5 Å². The van der Waals surface area contributed by atoms with E-state index in [0.717, 1.165) is 12.8 Å². The molecule has 0 N–H and O–H groups in total. The largest absolute Gasteiger partial charge is 0.466 e. The van der Waals surface area contributed by atoms with Gasteiger partial charge in [0, 0.05) is 6.42 Å². The maximum atomic E-state index is 11.4. The maximum absolute atomic E-state index is 11.4. The topological polar surface area (TPSA) is 35.5 Å². The minimum atomic E-state index is -0.235. The smallest absolute Gasteiger partial charge is 0.313 e. The van der Waals surface area contributed by atoms with Gasteiger partial charge in [-0.2, -0.15) is 0 Å². The summed E-state index contributed by atoms with van der Waals surface area (Å²) in [4.78, 5) is 11.4. The van der Waals surface area contributed by atoms with Crippen molar-refractivity contribution in [1.29, 1.82) is 0 Å². The SMILES string of the molecule is C=C(OCC)OC(=O)CCCCCCCCCCC. The number of rotatable bonds is 13. The van der Waals surface area contributed by atoms with Crippen LogP contribution in [0.5, 0.6) is 0 Å². The molecule has 0 heterocycles. The number of unbranched alkanes of at least 4 members (excludes halogenated alkanes) is 8. The van der Waals surface area contributed by atoms with Crippen LogP contribution in [0.1, 0.15) is 78.1 Å². The molecule has 112 valence electrons. The standard InChI is InChI=1S/C16H30O3/c1-4-6-7-8-9-10-11-12-13-14-16(17)19-15(3)18-5-2/h3-14H2,1-2H3. The van der Waals surface area contributed by atoms with E-state index >= 15 is 0 Å². The molecule has 0 saturated carbocycles. The zero-order chi connectivity index (χ0) is 14.3. The Balaban J connectivity index is 3.25. The molecule has 0 aromatic carbocycles. The predicted molar refractivity (Wildman–Crippen MR) is 78.7 cm³/mol. The quantitative estimate of drug-likeness (QED) is 0.269. The van der Waals surface area contributed by atoms with Crippen molar-refractivity contribution in [1.82, 2.24) is 0 Å². The minimum Gasteiger partial charge on any atom is -0.466 e. The fraction of sp³-hybridized carbons (Fsp3) is 0.812. The Morgan fingerprint density at radius 1 is 0.895 bits per heavy atom. The van der Waals surface area contributed by atoms with Crippen molar-refractivity contribution in [2.24, 2.45) is 0 Å². The second-order valence-corrected chi connectivity index (χ2v) is 4.86. The van der Waals surface area contributed by atoms with E-state index in [0.29, 0.717) is 13.0 Å². The predicted octanol–water partition coefficient (Wildman–Crippen LogP) is 4.96. The first-order chi connectivity index (χ1) is 9.20. The number of esters is 1. The van der Waals surface area contributed by atoms with Gasteiger partial charge in [-0.25, -0.2) is 0 Å². The zero-order valence-corrected chi connectivity index (χ0v) is 12.7. The normalized spacial score (nSPS) is 10.2. The molecule has 0 unspecified atom stereocenters. The van der Waals surface area contributed by atoms with Gasteiger partial charge in [0.05, 0.1) is 6.61 Å². The van der Waals surface area contributed by atoms with Gasteiger partial charge in [-0.05, 0) is 19.9 Å². The molecule has 0 bridgehead atoms. The molecular formula is C16H30O3. The molecule has 0 amide bonds. The lowest BCUT2D eigenvalue weighted by Crippen LogP contribution is -2.05. The fourth-order valence-electron chi connectivity index (χ4n) is 1.95. The van der Waals surface area contributed by atoms with Crippen LogP contribution in [-0.2, 0) is 14.3 Å². The Labute approximate surface area is 118 Å². The summed E-state index contributed by atoms with van der Waals surface area (Å²) in [5.74, 6) is -0.121. The molecule has 3 heteroatoms. The Kier molecular flexibility index (Phi) is 12.7. The zero-order valence-electron chi connectivity index (χ0n) is 12.7. The van der Waals surface area contributed by atoms with E-state index in [4.69, 9.17) is 9.47 Å². The number of carbonyl (C=O) groups excluding carboxylic acids is 1. The molecular weight excluding hydrogens is 240 g/mol. The van der Waals surface area contributed by atoms with E-state index in [2.05, 4.69) is 13.5 Å². The van der Waals surface area contributed by atoms with Crippen molar-refractivity contribution in [2.45, 2.75) is 78.1 Å². The van der Waals surface area contributed by atoms with Crippen LogP contribution in [0.25, 0.3) is 0 Å². The molecule has 0 aliphatic rings. The molecule has 0 fully saturated rings. The average molecular weight is 270 g/mol. The van der Waals surface area contributed by atoms with Gasteiger partial charge in [-0.3, -0.25) is 4.79 Å². The Morgan fingerprint density at radius 3 is 1.95 bits per heavy atom. The summed E-state index contributed by atoms with van der Waals surface area (Å²) < 4.78 is 9.87. The number of hydrogen-bond acceptors (Lipinski definition) is 3. The Hall–Kier alpha value is -0.990. The Bertz CT molecular complexity index is 236. The first-order valence-corrected chi connectivity index (χ1v) is 7.73. The van der Waals surface area contributed by atoms with E-state index in [9.17, 15) is 4.79 Å². The Morgan fingerprint density at radius 2 is 1.42 bits per heavy atom. The third-order valence-corrected chi connectivity index (χ3v) is 3.02. The molecule has 0 atom stereocenters. The van der Waals surface area contributed by atoms with Gasteiger partial charge >= 0.3 is 5.97 Å². The van der Waals surface area contributed by atoms with Gasteiger partial charge in [0.15, 0.2) is 0 Å². The lowest BCUT2D eigenvalue weighted by molar-refractivity contribution is -0.144. The summed E-state index contributed by atoms with van der Waals surface area (Å²) in [6.07, 6.45) is 11.7. The van der Waals surface area contributed by atoms with Crippen LogP contribution in [-0.4, -0.2) is 12.6 Å². The van der Waals surface area contributed by atoms with Crippen LogP contribution in [0.4, 0.5) is 0 Å². The van der Waals surface area contributed by atoms with Crippen molar-refractivity contribution in [2.75, 3.05) is 6.61 Å². The van der Waals surface area contributed by atoms with Gasteiger partial charge in [-0.1, -0.05) is 58.3 Å². The molecule has 0 radical (unpaired) electrons. The van der Waals surface area contributed by atoms with Crippen LogP contribution in [0, 0.1) is 0 Å². The molecule has 0 aliphatic carbocycles. The van der Waals surface area contributed by atoms with Crippen LogP contribution >= 0.6 is 0 Å². The van der Waals surface area contributed by atoms with E-state index in [1.165, 1.54) is 44.9 Å². The van der Waals surface area contributed by atoms with E-state index in [1.807, 2.05) is 6.92 Å². The minimum absolute atomic E-state index is 0.114. The summed E-state index contributed by atoms with van der Waals surface area (Å²) in [5.41, 5.74) is 0. The van der Waals surface area contributed by atoms with Crippen molar-refractivity contribution >= 4 is 5.97 Å². The number of hydrogen-bond donors (Lipinski definition) is 0. The van der Waals surface area contributed by atoms with Crippen molar-refractivity contribution in [3.05, 3.63) is 12.5 Å². The molecule has 0 saturated heterocycles. The number of ether oxygens (including phenoxy) is 2. The van der Waals surface area contributed by atoms with Crippen molar-refractivity contribution < 1.29 is 14.3 Å². The third kappa shape index (κ3) is 13.2. The summed E-state index contributed by atoms with van der Waals surface area (Å²) in [6, 6.07) is 0. The van der Waals surface area contributed by atoms with Crippen molar-refractivity contribution in [3.8, 4) is 0 Å². The van der Waals surface area contributed by atoms with Crippen LogP contribution in [0.2, 0.25) is 0 Å². The first-order valence-electron chi connectivity index (χ1n) is 7.73. The van der Waals surface area contributed by atoms with Gasteiger partial charge < -0.3 is 9.47 Å². The molecule has 0 aromatic heterocycles. The summed E-state index contributed by atoms with van der Waals surface area (Å²) in [7, 11) is 0. The lowest BCUT2D eigenvalue weighted by Gasteiger charge is -2.07. The van der Waals surface area contributed by atoms with Gasteiger partial charge in [0.2, 0.25) is 0 Å². The highest BCUT2D eigenvalue weighted by molar-refractivity contribution is 5.70. The van der Waals surface area contributed by atoms with Crippen molar-refractivity contribution in [3.63, 3.8) is 0 Å². The summed E-state index contributed by atoms with van der Waals surface area (Å²) in [6.45, 7) is 8.06. The van der Waals surface area contributed by atoms with Crippen LogP contribution in [0.3, 0.4) is 0 Å². The molecule has 0 rings (SSSR count). The second kappa shape index (κ2) is 13.4. The lowest BCUT2D eigenvalue weighted by atomic mass is 10.1. The fourth-order valence-corrected chi connectivity index (χ4v) is 1.95. The van der Waals surface area contributed by atoms with Crippen LogP contribution < -0.4 is 0 Å². The monoisotopic (exact) mass is 270 g/mol. The van der Waals surface area contributed by atoms with E-state index < -0.39 is 0 Å². The third-order valence-electron chi connectivity index (χ3n) is 3.02. The summed E-state index contributed by atoms with van der Waals surface area (Å²) >= 11 is 0. The summed E-state index contributed by atoms with van der Waals surface area (Å²) in [5, 5.41) is 0. The highest BCUT2D eigenvalue weighted by atomic mass is 16.7. The van der Waals surface area contributed by atoms with E-state index in [-0.39, 0.29) is 11.9 Å². The first kappa shape index (κ1) is 18.0. The molecule has 0 aromatic rings. The molecule has 19 heavy (non-hydrogen) atoms. The van der Waals surface area contributed by atoms with Gasteiger partial charge in [0.25, 0.3) is 5.95 Å². The maximum Gasteiger partial charge on any atom is 0.313 e. The molecule has 3 nitrogen and oxygen atoms in total.